The SMILES string of the molecule is CC#CC1(C2CC2)C=CCC(c2cccc(Cl)c2)=C1. The van der Waals surface area contributed by atoms with Crippen molar-refractivity contribution < 1.29 is 0 Å². The van der Waals surface area contributed by atoms with Crippen molar-refractivity contribution in [2.24, 2.45) is 11.3 Å². The van der Waals surface area contributed by atoms with E-state index in [-0.39, 0.29) is 5.41 Å². The van der Waals surface area contributed by atoms with Crippen LogP contribution in [0.3, 0.4) is 0 Å². The smallest absolute Gasteiger partial charge is 0.0707 e. The fourth-order valence-electron chi connectivity index (χ4n) is 2.88. The Labute approximate surface area is 120 Å². The molecule has 2 aliphatic carbocycles. The first kappa shape index (κ1) is 12.6. The van der Waals surface area contributed by atoms with Gasteiger partial charge in [0.1, 0.15) is 0 Å². The molecule has 0 saturated heterocycles. The van der Waals surface area contributed by atoms with Crippen molar-refractivity contribution >= 4 is 17.2 Å². The predicted octanol–water partition coefficient (Wildman–Crippen LogP) is 5.10. The fraction of sp³-hybridized carbons (Fsp3) is 0.333. The van der Waals surface area contributed by atoms with Crippen molar-refractivity contribution in [2.45, 2.75) is 26.2 Å². The molecule has 1 saturated carbocycles. The summed E-state index contributed by atoms with van der Waals surface area (Å²) in [6, 6.07) is 8.11. The number of allylic oxidation sites excluding steroid dienone is 4. The van der Waals surface area contributed by atoms with Gasteiger partial charge in [-0.3, -0.25) is 0 Å². The van der Waals surface area contributed by atoms with Gasteiger partial charge in [0.2, 0.25) is 0 Å². The van der Waals surface area contributed by atoms with Gasteiger partial charge in [-0.2, -0.15) is 0 Å². The largest absolute Gasteiger partial charge is 0.105 e. The van der Waals surface area contributed by atoms with Gasteiger partial charge in [0.05, 0.1) is 5.41 Å². The fourth-order valence-corrected chi connectivity index (χ4v) is 3.07. The third kappa shape index (κ3) is 2.48. The minimum atomic E-state index is -0.0371. The van der Waals surface area contributed by atoms with Crippen LogP contribution in [-0.2, 0) is 0 Å². The van der Waals surface area contributed by atoms with E-state index in [1.165, 1.54) is 24.0 Å². The molecule has 1 aromatic carbocycles. The van der Waals surface area contributed by atoms with E-state index in [0.717, 1.165) is 11.4 Å². The first-order chi connectivity index (χ1) is 9.23. The lowest BCUT2D eigenvalue weighted by Gasteiger charge is -2.26. The molecule has 0 amide bonds. The molecule has 0 nitrogen and oxygen atoms in total. The molecule has 1 atom stereocenters. The normalized spacial score (nSPS) is 25.5. The van der Waals surface area contributed by atoms with Gasteiger partial charge >= 0.3 is 0 Å². The Bertz CT molecular complexity index is 608. The van der Waals surface area contributed by atoms with Crippen LogP contribution in [0.2, 0.25) is 5.02 Å². The van der Waals surface area contributed by atoms with E-state index in [1.54, 1.807) is 0 Å². The predicted molar refractivity (Wildman–Crippen MR) is 81.8 cm³/mol. The molecule has 0 aromatic heterocycles. The maximum Gasteiger partial charge on any atom is 0.0707 e. The van der Waals surface area contributed by atoms with Gasteiger partial charge in [0.25, 0.3) is 0 Å². The molecule has 1 unspecified atom stereocenters. The Morgan fingerprint density at radius 2 is 2.16 bits per heavy atom. The standard InChI is InChI=1S/C18H17Cl/c1-2-10-18(16-8-9-16)11-4-6-15(13-18)14-5-3-7-17(19)12-14/h3-5,7,11-13,16H,6,8-9H2,1H3. The second kappa shape index (κ2) is 4.91. The van der Waals surface area contributed by atoms with Crippen LogP contribution in [0.1, 0.15) is 31.7 Å². The summed E-state index contributed by atoms with van der Waals surface area (Å²) in [6.07, 6.45) is 10.5. The lowest BCUT2D eigenvalue weighted by Crippen LogP contribution is -2.18. The minimum Gasteiger partial charge on any atom is -0.105 e. The van der Waals surface area contributed by atoms with E-state index >= 15 is 0 Å². The average Bonchev–Trinajstić information content (AvgIpc) is 3.24. The molecule has 0 heterocycles. The van der Waals surface area contributed by atoms with E-state index in [1.807, 2.05) is 25.1 Å². The highest BCUT2D eigenvalue weighted by Crippen LogP contribution is 2.50. The molecule has 96 valence electrons. The monoisotopic (exact) mass is 268 g/mol. The second-order valence-electron chi connectivity index (χ2n) is 5.37. The third-order valence-electron chi connectivity index (χ3n) is 3.93. The summed E-state index contributed by atoms with van der Waals surface area (Å²) in [5.74, 6) is 7.24. The molecule has 0 spiro atoms. The number of hydrogen-bond acceptors (Lipinski definition) is 0. The van der Waals surface area contributed by atoms with E-state index in [4.69, 9.17) is 11.6 Å². The van der Waals surface area contributed by atoms with Gasteiger partial charge in [-0.1, -0.05) is 47.9 Å². The third-order valence-corrected chi connectivity index (χ3v) is 4.17. The van der Waals surface area contributed by atoms with Gasteiger partial charge in [-0.25, -0.2) is 0 Å². The van der Waals surface area contributed by atoms with Crippen LogP contribution in [0.15, 0.2) is 42.5 Å². The Hall–Kier alpha value is -1.45. The van der Waals surface area contributed by atoms with Crippen LogP contribution in [0, 0.1) is 23.2 Å². The first-order valence-corrected chi connectivity index (χ1v) is 7.20. The number of halogens is 1. The molecular formula is C18H17Cl. The Kier molecular flexibility index (Phi) is 3.25. The molecule has 0 N–H and O–H groups in total. The van der Waals surface area contributed by atoms with Crippen molar-refractivity contribution in [3.05, 3.63) is 53.1 Å². The van der Waals surface area contributed by atoms with Gasteiger partial charge in [0, 0.05) is 5.02 Å². The van der Waals surface area contributed by atoms with Crippen molar-refractivity contribution in [1.29, 1.82) is 0 Å². The summed E-state index contributed by atoms with van der Waals surface area (Å²) >= 11 is 6.10. The average molecular weight is 269 g/mol. The van der Waals surface area contributed by atoms with Gasteiger partial charge in [-0.05, 0) is 55.4 Å². The molecular weight excluding hydrogens is 252 g/mol. The summed E-state index contributed by atoms with van der Waals surface area (Å²) in [5, 5.41) is 0.798. The van der Waals surface area contributed by atoms with E-state index in [9.17, 15) is 0 Å². The zero-order valence-corrected chi connectivity index (χ0v) is 11.9. The molecule has 3 rings (SSSR count). The molecule has 1 heteroatoms. The molecule has 0 bridgehead atoms. The lowest BCUT2D eigenvalue weighted by molar-refractivity contribution is 0.555. The van der Waals surface area contributed by atoms with Crippen LogP contribution in [0.25, 0.3) is 5.57 Å². The Balaban J connectivity index is 2.02. The first-order valence-electron chi connectivity index (χ1n) is 6.83. The quantitative estimate of drug-likeness (QED) is 0.517. The van der Waals surface area contributed by atoms with Crippen molar-refractivity contribution in [3.63, 3.8) is 0 Å². The summed E-state index contributed by atoms with van der Waals surface area (Å²) in [5.41, 5.74) is 2.53. The molecule has 19 heavy (non-hydrogen) atoms. The zero-order chi connectivity index (χ0) is 13.3. The van der Waals surface area contributed by atoms with Gasteiger partial charge < -0.3 is 0 Å². The highest BCUT2D eigenvalue weighted by molar-refractivity contribution is 6.30. The van der Waals surface area contributed by atoms with Crippen LogP contribution in [0.5, 0.6) is 0 Å². The highest BCUT2D eigenvalue weighted by Gasteiger charge is 2.41. The number of benzene rings is 1. The van der Waals surface area contributed by atoms with E-state index in [2.05, 4.69) is 36.1 Å². The maximum atomic E-state index is 6.10. The van der Waals surface area contributed by atoms with E-state index < -0.39 is 0 Å². The summed E-state index contributed by atoms with van der Waals surface area (Å²) in [4.78, 5) is 0. The minimum absolute atomic E-state index is 0.0371. The summed E-state index contributed by atoms with van der Waals surface area (Å²) in [6.45, 7) is 1.93. The summed E-state index contributed by atoms with van der Waals surface area (Å²) < 4.78 is 0. The zero-order valence-electron chi connectivity index (χ0n) is 11.1. The molecule has 1 fully saturated rings. The van der Waals surface area contributed by atoms with Crippen LogP contribution in [-0.4, -0.2) is 0 Å². The Morgan fingerprint density at radius 3 is 2.84 bits per heavy atom. The molecule has 2 aliphatic rings. The highest BCUT2D eigenvalue weighted by atomic mass is 35.5. The molecule has 0 radical (unpaired) electrons. The topological polar surface area (TPSA) is 0 Å². The molecule has 1 aromatic rings. The second-order valence-corrected chi connectivity index (χ2v) is 5.81. The van der Waals surface area contributed by atoms with Crippen molar-refractivity contribution in [1.82, 2.24) is 0 Å². The van der Waals surface area contributed by atoms with Crippen molar-refractivity contribution in [2.75, 3.05) is 0 Å². The number of hydrogen-bond donors (Lipinski definition) is 0. The van der Waals surface area contributed by atoms with Crippen LogP contribution < -0.4 is 0 Å². The maximum absolute atomic E-state index is 6.10. The van der Waals surface area contributed by atoms with Crippen molar-refractivity contribution in [3.8, 4) is 11.8 Å². The van der Waals surface area contributed by atoms with Gasteiger partial charge in [-0.15, -0.1) is 5.92 Å². The summed E-state index contributed by atoms with van der Waals surface area (Å²) in [7, 11) is 0. The van der Waals surface area contributed by atoms with Crippen LogP contribution in [0.4, 0.5) is 0 Å². The number of rotatable bonds is 2. The van der Waals surface area contributed by atoms with E-state index in [0.29, 0.717) is 5.92 Å². The Morgan fingerprint density at radius 1 is 1.32 bits per heavy atom. The lowest BCUT2D eigenvalue weighted by atomic mass is 9.76. The van der Waals surface area contributed by atoms with Gasteiger partial charge in [0.15, 0.2) is 0 Å². The van der Waals surface area contributed by atoms with Crippen LogP contribution >= 0.6 is 11.6 Å². The molecule has 0 aliphatic heterocycles.